The standard InChI is InChI=1S/C19H38N4.HI/c1-5-7-9-14-22(4)19(20-6-2)21-13-8-10-15-23-16-11-18(3)12-17-23;/h5,18H,1,6-17H2,2-4H3,(H,20,21);1H. The maximum absolute atomic E-state index is 4.77. The maximum Gasteiger partial charge on any atom is 0.193 e. The highest BCUT2D eigenvalue weighted by atomic mass is 127. The predicted molar refractivity (Wildman–Crippen MR) is 118 cm³/mol. The second kappa shape index (κ2) is 15.0. The zero-order valence-corrected chi connectivity index (χ0v) is 18.4. The third-order valence-electron chi connectivity index (χ3n) is 4.62. The fourth-order valence-electron chi connectivity index (χ4n) is 2.97. The van der Waals surface area contributed by atoms with Crippen molar-refractivity contribution in [1.82, 2.24) is 15.1 Å². The number of allylic oxidation sites excluding steroid dienone is 1. The number of aliphatic imine (C=N–C) groups is 1. The van der Waals surface area contributed by atoms with Gasteiger partial charge in [-0.05, 0) is 71.0 Å². The van der Waals surface area contributed by atoms with E-state index in [2.05, 4.69) is 42.6 Å². The van der Waals surface area contributed by atoms with Crippen molar-refractivity contribution in [2.24, 2.45) is 10.9 Å². The molecule has 0 unspecified atom stereocenters. The van der Waals surface area contributed by atoms with Gasteiger partial charge in [0.1, 0.15) is 0 Å². The number of nitrogens with one attached hydrogen (secondary N) is 1. The van der Waals surface area contributed by atoms with E-state index in [-0.39, 0.29) is 24.0 Å². The number of likely N-dealkylation sites (tertiary alicyclic amines) is 1. The fourth-order valence-corrected chi connectivity index (χ4v) is 2.97. The summed E-state index contributed by atoms with van der Waals surface area (Å²) in [6.07, 6.45) is 9.38. The van der Waals surface area contributed by atoms with Gasteiger partial charge in [0.15, 0.2) is 5.96 Å². The largest absolute Gasteiger partial charge is 0.357 e. The Labute approximate surface area is 167 Å². The summed E-state index contributed by atoms with van der Waals surface area (Å²) in [4.78, 5) is 9.63. The number of nitrogens with zero attached hydrogens (tertiary/aromatic N) is 3. The van der Waals surface area contributed by atoms with Crippen LogP contribution in [0.25, 0.3) is 0 Å². The number of halogens is 1. The van der Waals surface area contributed by atoms with Gasteiger partial charge in [0, 0.05) is 26.7 Å². The van der Waals surface area contributed by atoms with Crippen molar-refractivity contribution >= 4 is 29.9 Å². The fraction of sp³-hybridized carbons (Fsp3) is 0.842. The Kier molecular flexibility index (Phi) is 14.8. The van der Waals surface area contributed by atoms with Crippen LogP contribution in [-0.2, 0) is 0 Å². The van der Waals surface area contributed by atoms with Gasteiger partial charge >= 0.3 is 0 Å². The third kappa shape index (κ3) is 10.5. The molecule has 1 saturated heterocycles. The number of guanidine groups is 1. The van der Waals surface area contributed by atoms with E-state index in [1.54, 1.807) is 0 Å². The van der Waals surface area contributed by atoms with E-state index in [4.69, 9.17) is 4.99 Å². The molecule has 1 fully saturated rings. The van der Waals surface area contributed by atoms with Crippen molar-refractivity contribution in [3.8, 4) is 0 Å². The Balaban J connectivity index is 0.00000529. The summed E-state index contributed by atoms with van der Waals surface area (Å²) in [5.74, 6) is 1.97. The monoisotopic (exact) mass is 450 g/mol. The van der Waals surface area contributed by atoms with E-state index in [9.17, 15) is 0 Å². The maximum atomic E-state index is 4.77. The Hall–Kier alpha value is -0.300. The quantitative estimate of drug-likeness (QED) is 0.180. The normalized spacial score (nSPS) is 16.5. The summed E-state index contributed by atoms with van der Waals surface area (Å²) >= 11 is 0. The first kappa shape index (κ1) is 23.7. The highest BCUT2D eigenvalue weighted by molar-refractivity contribution is 14.0. The molecule has 0 bridgehead atoms. The van der Waals surface area contributed by atoms with Crippen LogP contribution >= 0.6 is 24.0 Å². The van der Waals surface area contributed by atoms with E-state index in [0.29, 0.717) is 0 Å². The minimum Gasteiger partial charge on any atom is -0.357 e. The summed E-state index contributed by atoms with van der Waals surface area (Å²) in [6, 6.07) is 0. The van der Waals surface area contributed by atoms with Gasteiger partial charge in [-0.3, -0.25) is 4.99 Å². The van der Waals surface area contributed by atoms with Gasteiger partial charge in [-0.1, -0.05) is 13.0 Å². The van der Waals surface area contributed by atoms with Gasteiger partial charge < -0.3 is 15.1 Å². The Bertz CT molecular complexity index is 338. The van der Waals surface area contributed by atoms with Gasteiger partial charge in [0.25, 0.3) is 0 Å². The first-order valence-electron chi connectivity index (χ1n) is 9.50. The molecule has 0 atom stereocenters. The van der Waals surface area contributed by atoms with Crippen LogP contribution in [0.15, 0.2) is 17.6 Å². The average Bonchev–Trinajstić information content (AvgIpc) is 2.55. The smallest absolute Gasteiger partial charge is 0.193 e. The lowest BCUT2D eigenvalue weighted by atomic mass is 9.99. The van der Waals surface area contributed by atoms with Crippen LogP contribution in [0.3, 0.4) is 0 Å². The van der Waals surface area contributed by atoms with Crippen LogP contribution in [0.5, 0.6) is 0 Å². The highest BCUT2D eigenvalue weighted by Crippen LogP contribution is 2.16. The topological polar surface area (TPSA) is 30.9 Å². The molecule has 0 aromatic rings. The average molecular weight is 450 g/mol. The van der Waals surface area contributed by atoms with Crippen molar-refractivity contribution in [1.29, 1.82) is 0 Å². The van der Waals surface area contributed by atoms with E-state index in [0.717, 1.165) is 44.4 Å². The van der Waals surface area contributed by atoms with Crippen molar-refractivity contribution in [2.75, 3.05) is 46.3 Å². The third-order valence-corrected chi connectivity index (χ3v) is 4.62. The number of unbranched alkanes of at least 4 members (excludes halogenated alkanes) is 2. The van der Waals surface area contributed by atoms with Crippen LogP contribution in [0.2, 0.25) is 0 Å². The van der Waals surface area contributed by atoms with Crippen LogP contribution in [0.1, 0.15) is 52.4 Å². The molecular weight excluding hydrogens is 411 g/mol. The van der Waals surface area contributed by atoms with Crippen molar-refractivity contribution in [2.45, 2.75) is 52.4 Å². The molecule has 1 aliphatic rings. The van der Waals surface area contributed by atoms with Crippen LogP contribution in [-0.4, -0.2) is 62.1 Å². The van der Waals surface area contributed by atoms with Gasteiger partial charge in [0.2, 0.25) is 0 Å². The van der Waals surface area contributed by atoms with Crippen LogP contribution in [0.4, 0.5) is 0 Å². The minimum atomic E-state index is 0. The molecule has 0 aliphatic carbocycles. The van der Waals surface area contributed by atoms with Gasteiger partial charge in [0.05, 0.1) is 0 Å². The second-order valence-corrected chi connectivity index (χ2v) is 6.82. The Morgan fingerprint density at radius 2 is 2.00 bits per heavy atom. The van der Waals surface area contributed by atoms with Crippen LogP contribution < -0.4 is 5.32 Å². The molecule has 1 aliphatic heterocycles. The summed E-state index contributed by atoms with van der Waals surface area (Å²) in [5.41, 5.74) is 0. The number of hydrogen-bond acceptors (Lipinski definition) is 2. The van der Waals surface area contributed by atoms with Gasteiger partial charge in [-0.2, -0.15) is 0 Å². The van der Waals surface area contributed by atoms with Crippen molar-refractivity contribution in [3.63, 3.8) is 0 Å². The summed E-state index contributed by atoms with van der Waals surface area (Å²) in [5, 5.41) is 3.39. The molecule has 1 N–H and O–H groups in total. The molecule has 0 radical (unpaired) electrons. The zero-order chi connectivity index (χ0) is 16.9. The van der Waals surface area contributed by atoms with E-state index in [1.165, 1.54) is 45.3 Å². The summed E-state index contributed by atoms with van der Waals surface area (Å²) < 4.78 is 0. The van der Waals surface area contributed by atoms with E-state index < -0.39 is 0 Å². The first-order valence-corrected chi connectivity index (χ1v) is 9.50. The number of piperidine rings is 1. The van der Waals surface area contributed by atoms with Gasteiger partial charge in [-0.15, -0.1) is 30.6 Å². The molecule has 0 aromatic heterocycles. The molecule has 1 heterocycles. The molecule has 0 saturated carbocycles. The molecule has 142 valence electrons. The number of hydrogen-bond donors (Lipinski definition) is 1. The summed E-state index contributed by atoms with van der Waals surface area (Å²) in [7, 11) is 2.12. The zero-order valence-electron chi connectivity index (χ0n) is 16.1. The summed E-state index contributed by atoms with van der Waals surface area (Å²) in [6.45, 7) is 15.0. The second-order valence-electron chi connectivity index (χ2n) is 6.82. The lowest BCUT2D eigenvalue weighted by Crippen LogP contribution is -2.39. The van der Waals surface area contributed by atoms with Crippen LogP contribution in [0, 0.1) is 5.92 Å². The van der Waals surface area contributed by atoms with Gasteiger partial charge in [-0.25, -0.2) is 0 Å². The SMILES string of the molecule is C=CCCCN(C)C(=NCCCCN1CCC(C)CC1)NCC.I. The minimum absolute atomic E-state index is 0. The first-order chi connectivity index (χ1) is 11.2. The molecular formula is C19H39IN4. The lowest BCUT2D eigenvalue weighted by molar-refractivity contribution is 0.190. The number of rotatable bonds is 10. The molecule has 1 rings (SSSR count). The molecule has 0 aromatic carbocycles. The van der Waals surface area contributed by atoms with E-state index in [1.807, 2.05) is 6.08 Å². The molecule has 0 amide bonds. The lowest BCUT2D eigenvalue weighted by Gasteiger charge is -2.30. The molecule has 0 spiro atoms. The highest BCUT2D eigenvalue weighted by Gasteiger charge is 2.14. The van der Waals surface area contributed by atoms with Crippen molar-refractivity contribution in [3.05, 3.63) is 12.7 Å². The molecule has 24 heavy (non-hydrogen) atoms. The Morgan fingerprint density at radius 1 is 1.29 bits per heavy atom. The van der Waals surface area contributed by atoms with Crippen molar-refractivity contribution < 1.29 is 0 Å². The Morgan fingerprint density at radius 3 is 2.62 bits per heavy atom. The molecule has 5 heteroatoms. The molecule has 4 nitrogen and oxygen atoms in total. The predicted octanol–water partition coefficient (Wildman–Crippen LogP) is 3.98. The van der Waals surface area contributed by atoms with E-state index >= 15 is 0 Å².